The van der Waals surface area contributed by atoms with Gasteiger partial charge in [0, 0.05) is 12.3 Å². The number of rotatable bonds is 3. The SMILES string of the molecule is C[C@@]1(O)C[C@H](O)[C@H]2C=CO[C@H](O[C@@H]3O[C@H](CO)[C@@H](O)[C@H](O)[C@H]3O)[C@H]21. The van der Waals surface area contributed by atoms with Gasteiger partial charge in [-0.2, -0.15) is 0 Å². The predicted octanol–water partition coefficient (Wildman–Crippen LogP) is -2.58. The van der Waals surface area contributed by atoms with Crippen LogP contribution in [-0.4, -0.2) is 85.9 Å². The van der Waals surface area contributed by atoms with Gasteiger partial charge in [0.15, 0.2) is 6.29 Å². The lowest BCUT2D eigenvalue weighted by atomic mass is 9.85. The summed E-state index contributed by atoms with van der Waals surface area (Å²) in [6.45, 7) is 0.992. The number of aliphatic hydroxyl groups excluding tert-OH is 5. The monoisotopic (exact) mass is 348 g/mol. The summed E-state index contributed by atoms with van der Waals surface area (Å²) in [5, 5.41) is 59.5. The summed E-state index contributed by atoms with van der Waals surface area (Å²) in [6.07, 6.45) is -5.74. The van der Waals surface area contributed by atoms with Gasteiger partial charge in [-0.15, -0.1) is 0 Å². The summed E-state index contributed by atoms with van der Waals surface area (Å²) in [5.74, 6) is -0.992. The first-order valence-corrected chi connectivity index (χ1v) is 7.95. The van der Waals surface area contributed by atoms with Gasteiger partial charge >= 0.3 is 0 Å². The molecule has 2 heterocycles. The zero-order chi connectivity index (χ0) is 17.6. The normalized spacial score (nSPS) is 54.4. The fourth-order valence-corrected chi connectivity index (χ4v) is 3.80. The molecule has 24 heavy (non-hydrogen) atoms. The molecule has 3 rings (SSSR count). The number of ether oxygens (including phenoxy) is 3. The number of hydrogen-bond donors (Lipinski definition) is 6. The lowest BCUT2D eigenvalue weighted by Crippen LogP contribution is -2.60. The van der Waals surface area contributed by atoms with E-state index in [9.17, 15) is 30.6 Å². The molecule has 0 aromatic carbocycles. The van der Waals surface area contributed by atoms with Gasteiger partial charge in [-0.05, 0) is 13.0 Å². The van der Waals surface area contributed by atoms with Crippen molar-refractivity contribution in [1.29, 1.82) is 0 Å². The van der Waals surface area contributed by atoms with Gasteiger partial charge in [0.25, 0.3) is 0 Å². The Morgan fingerprint density at radius 1 is 1.12 bits per heavy atom. The smallest absolute Gasteiger partial charge is 0.207 e. The third-order valence-corrected chi connectivity index (χ3v) is 5.12. The summed E-state index contributed by atoms with van der Waals surface area (Å²) < 4.78 is 16.3. The molecule has 0 aromatic heterocycles. The van der Waals surface area contributed by atoms with Crippen LogP contribution in [0.4, 0.5) is 0 Å². The van der Waals surface area contributed by atoms with Crippen LogP contribution in [0, 0.1) is 11.8 Å². The fourth-order valence-electron chi connectivity index (χ4n) is 3.80. The lowest BCUT2D eigenvalue weighted by molar-refractivity contribution is -0.346. The summed E-state index contributed by atoms with van der Waals surface area (Å²) in [5.41, 5.74) is -1.26. The minimum Gasteiger partial charge on any atom is -0.472 e. The van der Waals surface area contributed by atoms with Crippen LogP contribution in [0.2, 0.25) is 0 Å². The van der Waals surface area contributed by atoms with E-state index in [4.69, 9.17) is 14.2 Å². The third kappa shape index (κ3) is 2.95. The van der Waals surface area contributed by atoms with Gasteiger partial charge in [0.1, 0.15) is 24.4 Å². The van der Waals surface area contributed by atoms with Crippen molar-refractivity contribution in [3.63, 3.8) is 0 Å². The van der Waals surface area contributed by atoms with Crippen LogP contribution in [-0.2, 0) is 14.2 Å². The molecule has 0 aromatic rings. The zero-order valence-electron chi connectivity index (χ0n) is 13.2. The van der Waals surface area contributed by atoms with Gasteiger partial charge in [-0.3, -0.25) is 0 Å². The topological polar surface area (TPSA) is 149 Å². The first-order valence-electron chi connectivity index (χ1n) is 7.95. The van der Waals surface area contributed by atoms with Gasteiger partial charge < -0.3 is 44.8 Å². The first kappa shape index (κ1) is 18.0. The van der Waals surface area contributed by atoms with Gasteiger partial charge in [0.05, 0.1) is 30.5 Å². The van der Waals surface area contributed by atoms with Crippen LogP contribution in [0.15, 0.2) is 12.3 Å². The van der Waals surface area contributed by atoms with Crippen LogP contribution in [0.1, 0.15) is 13.3 Å². The number of fused-ring (bicyclic) bond motifs is 1. The fraction of sp³-hybridized carbons (Fsp3) is 0.867. The minimum atomic E-state index is -1.56. The van der Waals surface area contributed by atoms with Crippen LogP contribution >= 0.6 is 0 Å². The molecule has 3 aliphatic rings. The molecule has 1 saturated heterocycles. The van der Waals surface area contributed by atoms with E-state index in [-0.39, 0.29) is 12.3 Å². The third-order valence-electron chi connectivity index (χ3n) is 5.12. The van der Waals surface area contributed by atoms with Crippen molar-refractivity contribution in [3.05, 3.63) is 12.3 Å². The number of hydrogen-bond acceptors (Lipinski definition) is 9. The highest BCUT2D eigenvalue weighted by Gasteiger charge is 2.56. The number of aliphatic hydroxyl groups is 6. The van der Waals surface area contributed by atoms with Crippen molar-refractivity contribution in [3.8, 4) is 0 Å². The molecule has 9 nitrogen and oxygen atoms in total. The Morgan fingerprint density at radius 2 is 1.83 bits per heavy atom. The van der Waals surface area contributed by atoms with Crippen molar-refractivity contribution in [2.75, 3.05) is 6.61 Å². The summed E-state index contributed by atoms with van der Waals surface area (Å²) in [6, 6.07) is 0. The highest BCUT2D eigenvalue weighted by Crippen LogP contribution is 2.46. The van der Waals surface area contributed by atoms with Crippen molar-refractivity contribution in [2.45, 2.75) is 62.0 Å². The Morgan fingerprint density at radius 3 is 2.50 bits per heavy atom. The van der Waals surface area contributed by atoms with Crippen LogP contribution in [0.3, 0.4) is 0 Å². The molecule has 138 valence electrons. The van der Waals surface area contributed by atoms with Gasteiger partial charge in [0.2, 0.25) is 6.29 Å². The molecule has 0 spiro atoms. The van der Waals surface area contributed by atoms with Crippen LogP contribution < -0.4 is 0 Å². The average molecular weight is 348 g/mol. The van der Waals surface area contributed by atoms with Crippen molar-refractivity contribution in [2.24, 2.45) is 11.8 Å². The molecule has 0 unspecified atom stereocenters. The molecule has 2 aliphatic heterocycles. The Labute approximate surface area is 138 Å². The maximum absolute atomic E-state index is 10.5. The molecule has 10 atom stereocenters. The van der Waals surface area contributed by atoms with E-state index in [1.807, 2.05) is 0 Å². The maximum Gasteiger partial charge on any atom is 0.207 e. The molecule has 6 N–H and O–H groups in total. The van der Waals surface area contributed by atoms with E-state index in [0.29, 0.717) is 0 Å². The summed E-state index contributed by atoms with van der Waals surface area (Å²) in [4.78, 5) is 0. The first-order chi connectivity index (χ1) is 11.3. The molecular formula is C15H24O9. The quantitative estimate of drug-likeness (QED) is 0.323. The van der Waals surface area contributed by atoms with Gasteiger partial charge in [-0.1, -0.05) is 0 Å². The molecular weight excluding hydrogens is 324 g/mol. The van der Waals surface area contributed by atoms with E-state index in [0.717, 1.165) is 0 Å². The van der Waals surface area contributed by atoms with Gasteiger partial charge in [-0.25, -0.2) is 0 Å². The largest absolute Gasteiger partial charge is 0.472 e. The molecule has 9 heteroatoms. The Balaban J connectivity index is 1.76. The molecule has 1 saturated carbocycles. The minimum absolute atomic E-state index is 0.143. The van der Waals surface area contributed by atoms with Crippen molar-refractivity contribution < 1.29 is 44.8 Å². The molecule has 1 aliphatic carbocycles. The summed E-state index contributed by atoms with van der Waals surface area (Å²) in [7, 11) is 0. The lowest BCUT2D eigenvalue weighted by Gasteiger charge is -2.43. The van der Waals surface area contributed by atoms with Crippen LogP contribution in [0.25, 0.3) is 0 Å². The zero-order valence-corrected chi connectivity index (χ0v) is 13.2. The average Bonchev–Trinajstić information content (AvgIpc) is 2.78. The highest BCUT2D eigenvalue weighted by atomic mass is 16.8. The Hall–Kier alpha value is -0.780. The molecule has 0 radical (unpaired) electrons. The standard InChI is InChI=1S/C15H24O9/c1-15(21)4-7(17)6-2-3-22-13(9(6)15)24-14-12(20)11(19)10(18)8(5-16)23-14/h2-3,6-14,16-21H,4-5H2,1H3/t6-,7+,8-,9+,10-,11+,12-,13-,14+,15-/m1/s1. The highest BCUT2D eigenvalue weighted by molar-refractivity contribution is 5.10. The molecule has 0 bridgehead atoms. The second-order valence-corrected chi connectivity index (χ2v) is 6.90. The van der Waals surface area contributed by atoms with E-state index >= 15 is 0 Å². The predicted molar refractivity (Wildman–Crippen MR) is 77.1 cm³/mol. The van der Waals surface area contributed by atoms with Crippen molar-refractivity contribution >= 4 is 0 Å². The van der Waals surface area contributed by atoms with E-state index in [2.05, 4.69) is 0 Å². The van der Waals surface area contributed by atoms with Crippen LogP contribution in [0.5, 0.6) is 0 Å². The van der Waals surface area contributed by atoms with E-state index in [1.54, 1.807) is 13.0 Å². The van der Waals surface area contributed by atoms with E-state index < -0.39 is 61.2 Å². The molecule has 2 fully saturated rings. The Kier molecular flexibility index (Phi) is 4.89. The second kappa shape index (κ2) is 6.50. The Bertz CT molecular complexity index is 480. The summed E-state index contributed by atoms with van der Waals surface area (Å²) >= 11 is 0. The van der Waals surface area contributed by atoms with E-state index in [1.165, 1.54) is 6.26 Å². The molecule has 0 amide bonds. The maximum atomic E-state index is 10.5. The van der Waals surface area contributed by atoms with Crippen molar-refractivity contribution in [1.82, 2.24) is 0 Å². The second-order valence-electron chi connectivity index (χ2n) is 6.90.